The van der Waals surface area contributed by atoms with E-state index < -0.39 is 6.09 Å². The summed E-state index contributed by atoms with van der Waals surface area (Å²) >= 11 is 0. The molecule has 5 heteroatoms. The van der Waals surface area contributed by atoms with Gasteiger partial charge in [0.1, 0.15) is 11.3 Å². The highest BCUT2D eigenvalue weighted by Crippen LogP contribution is 2.27. The molecule has 5 nitrogen and oxygen atoms in total. The first kappa shape index (κ1) is 11.1. The van der Waals surface area contributed by atoms with Crippen LogP contribution in [0.25, 0.3) is 11.1 Å². The number of benzene rings is 1. The quantitative estimate of drug-likeness (QED) is 0.904. The van der Waals surface area contributed by atoms with Crippen LogP contribution < -0.4 is 10.1 Å². The molecule has 0 bridgehead atoms. The van der Waals surface area contributed by atoms with Crippen LogP contribution in [0.2, 0.25) is 0 Å². The zero-order valence-corrected chi connectivity index (χ0v) is 10.1. The van der Waals surface area contributed by atoms with Gasteiger partial charge < -0.3 is 14.5 Å². The Labute approximate surface area is 104 Å². The van der Waals surface area contributed by atoms with Crippen molar-refractivity contribution < 1.29 is 13.9 Å². The Morgan fingerprint density at radius 3 is 3.17 bits per heavy atom. The number of carbonyl (C=O) groups excluding carboxylic acids is 1. The number of oxazole rings is 1. The molecule has 1 amide bonds. The minimum atomic E-state index is -0.415. The summed E-state index contributed by atoms with van der Waals surface area (Å²) in [6.07, 6.45) is 1.98. The fraction of sp³-hybridized carbons (Fsp3) is 0.385. The minimum absolute atomic E-state index is 0.415. The van der Waals surface area contributed by atoms with Crippen LogP contribution in [-0.2, 0) is 0 Å². The van der Waals surface area contributed by atoms with Gasteiger partial charge in [0.05, 0.1) is 0 Å². The van der Waals surface area contributed by atoms with E-state index in [9.17, 15) is 4.79 Å². The Balaban J connectivity index is 1.67. The number of rotatable bonds is 3. The fourth-order valence-corrected chi connectivity index (χ4v) is 1.78. The average molecular weight is 246 g/mol. The van der Waals surface area contributed by atoms with Gasteiger partial charge in [0.25, 0.3) is 0 Å². The van der Waals surface area contributed by atoms with Gasteiger partial charge in [-0.3, -0.25) is 0 Å². The van der Waals surface area contributed by atoms with Crippen LogP contribution >= 0.6 is 0 Å². The Morgan fingerprint density at radius 2 is 2.39 bits per heavy atom. The summed E-state index contributed by atoms with van der Waals surface area (Å²) < 4.78 is 10.5. The highest BCUT2D eigenvalue weighted by atomic mass is 16.6. The molecule has 94 valence electrons. The normalized spacial score (nSPS) is 14.7. The maximum absolute atomic E-state index is 11.5. The Bertz CT molecular complexity index is 587. The number of fused-ring (bicyclic) bond motifs is 1. The van der Waals surface area contributed by atoms with Gasteiger partial charge in [-0.05, 0) is 30.9 Å². The third kappa shape index (κ3) is 2.45. The van der Waals surface area contributed by atoms with Crippen molar-refractivity contribution in [1.82, 2.24) is 10.3 Å². The van der Waals surface area contributed by atoms with E-state index in [4.69, 9.17) is 9.15 Å². The maximum atomic E-state index is 11.5. The lowest BCUT2D eigenvalue weighted by Gasteiger charge is -2.05. The highest BCUT2D eigenvalue weighted by molar-refractivity contribution is 5.77. The van der Waals surface area contributed by atoms with E-state index in [2.05, 4.69) is 10.3 Å². The number of ether oxygens (including phenoxy) is 1. The molecule has 18 heavy (non-hydrogen) atoms. The highest BCUT2D eigenvalue weighted by Gasteiger charge is 2.22. The second kappa shape index (κ2) is 4.33. The zero-order valence-electron chi connectivity index (χ0n) is 10.1. The van der Waals surface area contributed by atoms with Crippen LogP contribution in [0.15, 0.2) is 22.6 Å². The summed E-state index contributed by atoms with van der Waals surface area (Å²) in [5, 5.41) is 2.74. The van der Waals surface area contributed by atoms with Gasteiger partial charge in [0.15, 0.2) is 11.5 Å². The van der Waals surface area contributed by atoms with Crippen molar-refractivity contribution in [3.8, 4) is 5.75 Å². The number of carbonyl (C=O) groups is 1. The molecule has 1 heterocycles. The molecule has 1 fully saturated rings. The zero-order chi connectivity index (χ0) is 12.5. The number of nitrogens with one attached hydrogen (secondary N) is 1. The summed E-state index contributed by atoms with van der Waals surface area (Å²) in [5.74, 6) is 1.71. The van der Waals surface area contributed by atoms with Gasteiger partial charge >= 0.3 is 6.09 Å². The number of amides is 1. The van der Waals surface area contributed by atoms with Crippen molar-refractivity contribution in [2.45, 2.75) is 19.8 Å². The molecule has 0 radical (unpaired) electrons. The van der Waals surface area contributed by atoms with Crippen LogP contribution in [0.1, 0.15) is 18.7 Å². The van der Waals surface area contributed by atoms with Crippen molar-refractivity contribution in [2.75, 3.05) is 6.54 Å². The van der Waals surface area contributed by atoms with E-state index in [1.165, 1.54) is 12.8 Å². The van der Waals surface area contributed by atoms with Crippen molar-refractivity contribution in [3.05, 3.63) is 24.1 Å². The molecule has 2 aromatic rings. The lowest BCUT2D eigenvalue weighted by atomic mass is 10.3. The summed E-state index contributed by atoms with van der Waals surface area (Å²) in [5.41, 5.74) is 1.39. The van der Waals surface area contributed by atoms with Crippen molar-refractivity contribution >= 4 is 17.2 Å². The maximum Gasteiger partial charge on any atom is 0.412 e. The summed E-state index contributed by atoms with van der Waals surface area (Å²) in [7, 11) is 0. The van der Waals surface area contributed by atoms with Crippen LogP contribution in [0, 0.1) is 12.8 Å². The van der Waals surface area contributed by atoms with E-state index in [-0.39, 0.29) is 0 Å². The van der Waals surface area contributed by atoms with Crippen LogP contribution in [0.3, 0.4) is 0 Å². The lowest BCUT2D eigenvalue weighted by molar-refractivity contribution is 0.200. The number of hydrogen-bond acceptors (Lipinski definition) is 4. The number of aromatic nitrogens is 1. The molecule has 0 unspecified atom stereocenters. The van der Waals surface area contributed by atoms with Gasteiger partial charge in [-0.1, -0.05) is 0 Å². The molecule has 1 aromatic heterocycles. The van der Waals surface area contributed by atoms with Crippen molar-refractivity contribution in [1.29, 1.82) is 0 Å². The van der Waals surface area contributed by atoms with E-state index in [1.807, 2.05) is 0 Å². The van der Waals surface area contributed by atoms with Crippen molar-refractivity contribution in [3.63, 3.8) is 0 Å². The predicted octanol–water partition coefficient (Wildman–Crippen LogP) is 2.63. The van der Waals surface area contributed by atoms with Crippen LogP contribution in [-0.4, -0.2) is 17.6 Å². The molecule has 1 aromatic carbocycles. The Morgan fingerprint density at radius 1 is 1.56 bits per heavy atom. The number of nitrogens with zero attached hydrogens (tertiary/aromatic N) is 1. The lowest BCUT2D eigenvalue weighted by Crippen LogP contribution is -2.28. The standard InChI is InChI=1S/C13H14N2O3/c1-8-15-11-6-10(4-5-12(11)17-8)18-13(16)14-7-9-2-3-9/h4-6,9H,2-3,7H2,1H3,(H,14,16). The van der Waals surface area contributed by atoms with E-state index in [0.29, 0.717) is 35.2 Å². The van der Waals surface area contributed by atoms with E-state index in [1.54, 1.807) is 25.1 Å². The largest absolute Gasteiger partial charge is 0.441 e. The summed E-state index contributed by atoms with van der Waals surface area (Å²) in [6, 6.07) is 5.14. The topological polar surface area (TPSA) is 64.4 Å². The number of aryl methyl sites for hydroxylation is 1. The van der Waals surface area contributed by atoms with Gasteiger partial charge in [-0.15, -0.1) is 0 Å². The molecule has 0 aliphatic heterocycles. The first-order chi connectivity index (χ1) is 8.70. The third-order valence-electron chi connectivity index (χ3n) is 2.91. The third-order valence-corrected chi connectivity index (χ3v) is 2.91. The second-order valence-electron chi connectivity index (χ2n) is 4.58. The SMILES string of the molecule is Cc1nc2cc(OC(=O)NCC3CC3)ccc2o1. The van der Waals surface area contributed by atoms with Gasteiger partial charge in [0, 0.05) is 19.5 Å². The molecule has 1 saturated carbocycles. The first-order valence-corrected chi connectivity index (χ1v) is 6.03. The number of hydrogen-bond donors (Lipinski definition) is 1. The Hall–Kier alpha value is -2.04. The second-order valence-corrected chi connectivity index (χ2v) is 4.58. The monoisotopic (exact) mass is 246 g/mol. The molecule has 0 spiro atoms. The van der Waals surface area contributed by atoms with E-state index in [0.717, 1.165) is 0 Å². The van der Waals surface area contributed by atoms with Gasteiger partial charge in [0.2, 0.25) is 0 Å². The molecule has 3 rings (SSSR count). The smallest absolute Gasteiger partial charge is 0.412 e. The molecule has 0 atom stereocenters. The Kier molecular flexibility index (Phi) is 2.66. The minimum Gasteiger partial charge on any atom is -0.441 e. The van der Waals surface area contributed by atoms with Crippen molar-refractivity contribution in [2.24, 2.45) is 5.92 Å². The molecular formula is C13H14N2O3. The van der Waals surface area contributed by atoms with Crippen LogP contribution in [0.5, 0.6) is 5.75 Å². The summed E-state index contributed by atoms with van der Waals surface area (Å²) in [4.78, 5) is 15.7. The molecular weight excluding hydrogens is 232 g/mol. The van der Waals surface area contributed by atoms with Gasteiger partial charge in [-0.2, -0.15) is 0 Å². The first-order valence-electron chi connectivity index (χ1n) is 6.03. The van der Waals surface area contributed by atoms with Crippen LogP contribution in [0.4, 0.5) is 4.79 Å². The van der Waals surface area contributed by atoms with Gasteiger partial charge in [-0.25, -0.2) is 9.78 Å². The molecule has 1 aliphatic carbocycles. The molecule has 0 saturated heterocycles. The fourth-order valence-electron chi connectivity index (χ4n) is 1.78. The van der Waals surface area contributed by atoms with E-state index >= 15 is 0 Å². The predicted molar refractivity (Wildman–Crippen MR) is 65.5 cm³/mol. The molecule has 1 aliphatic rings. The average Bonchev–Trinajstić information content (AvgIpc) is 3.08. The molecule has 1 N–H and O–H groups in total. The summed E-state index contributed by atoms with van der Waals surface area (Å²) in [6.45, 7) is 2.48.